The highest BCUT2D eigenvalue weighted by atomic mass is 79.9. The van der Waals surface area contributed by atoms with E-state index in [4.69, 9.17) is 4.74 Å². The molecule has 6 heteroatoms. The molecule has 0 N–H and O–H groups in total. The van der Waals surface area contributed by atoms with Crippen molar-refractivity contribution >= 4 is 33.5 Å². The lowest BCUT2D eigenvalue weighted by Crippen LogP contribution is -2.03. The molecule has 0 saturated heterocycles. The van der Waals surface area contributed by atoms with Gasteiger partial charge in [0.2, 0.25) is 0 Å². The highest BCUT2D eigenvalue weighted by molar-refractivity contribution is 9.10. The summed E-state index contributed by atoms with van der Waals surface area (Å²) in [7, 11) is 0. The zero-order valence-electron chi connectivity index (χ0n) is 14.2. The third kappa shape index (κ3) is 4.93. The van der Waals surface area contributed by atoms with Crippen LogP contribution in [0.5, 0.6) is 5.75 Å². The Morgan fingerprint density at radius 3 is 2.35 bits per heavy atom. The lowest BCUT2D eigenvalue weighted by Gasteiger charge is -2.05. The van der Waals surface area contributed by atoms with Crippen molar-refractivity contribution in [3.05, 3.63) is 70.7 Å². The molecule has 0 amide bonds. The predicted octanol–water partition coefficient (Wildman–Crippen LogP) is 5.28. The molecule has 0 unspecified atom stereocenters. The van der Waals surface area contributed by atoms with Gasteiger partial charge < -0.3 is 4.74 Å². The van der Waals surface area contributed by atoms with E-state index in [1.165, 1.54) is 11.8 Å². The van der Waals surface area contributed by atoms with Gasteiger partial charge in [0.15, 0.2) is 5.78 Å². The number of ketones is 1. The van der Waals surface area contributed by atoms with Gasteiger partial charge in [-0.25, -0.2) is 0 Å². The Hall–Kier alpha value is -2.18. The van der Waals surface area contributed by atoms with Gasteiger partial charge in [0.25, 0.3) is 0 Å². The van der Waals surface area contributed by atoms with Crippen LogP contribution in [-0.2, 0) is 0 Å². The lowest BCUT2D eigenvalue weighted by atomic mass is 10.1. The van der Waals surface area contributed by atoms with Gasteiger partial charge in [-0.15, -0.1) is 10.2 Å². The first-order valence-corrected chi connectivity index (χ1v) is 9.92. The number of carbonyl (C=O) groups excluding carboxylic acids is 1. The van der Waals surface area contributed by atoms with E-state index in [2.05, 4.69) is 26.1 Å². The van der Waals surface area contributed by atoms with E-state index in [1.807, 2.05) is 55.5 Å². The maximum atomic E-state index is 12.3. The highest BCUT2D eigenvalue weighted by Gasteiger charge is 2.08. The molecular weight excluding hydrogens is 412 g/mol. The van der Waals surface area contributed by atoms with Crippen LogP contribution in [0.1, 0.15) is 17.3 Å². The first-order chi connectivity index (χ1) is 12.7. The fraction of sp³-hybridized carbons (Fsp3) is 0.150. The van der Waals surface area contributed by atoms with Crippen LogP contribution in [0.2, 0.25) is 0 Å². The summed E-state index contributed by atoms with van der Waals surface area (Å²) >= 11 is 4.80. The molecule has 132 valence electrons. The number of Topliss-reactive ketones (excluding diaryl/α,β-unsaturated/α-hetero) is 1. The van der Waals surface area contributed by atoms with Crippen LogP contribution in [0.4, 0.5) is 0 Å². The molecule has 0 bridgehead atoms. The Bertz CT molecular complexity index is 866. The minimum atomic E-state index is 0.0526. The van der Waals surface area contributed by atoms with Gasteiger partial charge >= 0.3 is 0 Å². The Morgan fingerprint density at radius 2 is 1.73 bits per heavy atom. The van der Waals surface area contributed by atoms with Crippen molar-refractivity contribution in [3.63, 3.8) is 0 Å². The van der Waals surface area contributed by atoms with Crippen LogP contribution in [-0.4, -0.2) is 28.3 Å². The average molecular weight is 429 g/mol. The van der Waals surface area contributed by atoms with Gasteiger partial charge in [-0.1, -0.05) is 39.8 Å². The normalized spacial score (nSPS) is 10.5. The summed E-state index contributed by atoms with van der Waals surface area (Å²) in [6, 6.07) is 18.9. The summed E-state index contributed by atoms with van der Waals surface area (Å²) in [6.45, 7) is 2.54. The molecule has 0 aliphatic carbocycles. The monoisotopic (exact) mass is 428 g/mol. The molecule has 0 spiro atoms. The van der Waals surface area contributed by atoms with E-state index in [0.29, 0.717) is 17.9 Å². The number of aromatic nitrogens is 2. The fourth-order valence-electron chi connectivity index (χ4n) is 2.30. The summed E-state index contributed by atoms with van der Waals surface area (Å²) < 4.78 is 6.41. The predicted molar refractivity (Wildman–Crippen MR) is 108 cm³/mol. The summed E-state index contributed by atoms with van der Waals surface area (Å²) in [5.74, 6) is 1.14. The Labute approximate surface area is 165 Å². The van der Waals surface area contributed by atoms with Crippen molar-refractivity contribution in [2.45, 2.75) is 11.9 Å². The van der Waals surface area contributed by atoms with Crippen LogP contribution in [0.25, 0.3) is 11.3 Å². The molecule has 2 aromatic carbocycles. The summed E-state index contributed by atoms with van der Waals surface area (Å²) in [5, 5.41) is 9.18. The van der Waals surface area contributed by atoms with Crippen molar-refractivity contribution in [2.75, 3.05) is 12.4 Å². The van der Waals surface area contributed by atoms with Gasteiger partial charge in [0, 0.05) is 15.6 Å². The van der Waals surface area contributed by atoms with E-state index in [0.717, 1.165) is 26.5 Å². The number of hydrogen-bond acceptors (Lipinski definition) is 5. The largest absolute Gasteiger partial charge is 0.494 e. The van der Waals surface area contributed by atoms with Crippen LogP contribution >= 0.6 is 27.7 Å². The zero-order valence-corrected chi connectivity index (χ0v) is 16.6. The van der Waals surface area contributed by atoms with E-state index in [9.17, 15) is 4.79 Å². The molecule has 1 aromatic heterocycles. The number of halogens is 1. The minimum Gasteiger partial charge on any atom is -0.494 e. The van der Waals surface area contributed by atoms with E-state index < -0.39 is 0 Å². The van der Waals surface area contributed by atoms with E-state index >= 15 is 0 Å². The van der Waals surface area contributed by atoms with Crippen LogP contribution < -0.4 is 4.74 Å². The fourth-order valence-corrected chi connectivity index (χ4v) is 3.27. The quantitative estimate of drug-likeness (QED) is 0.378. The Kier molecular flexibility index (Phi) is 6.41. The minimum absolute atomic E-state index is 0.0526. The molecule has 0 aliphatic rings. The SMILES string of the molecule is CCOc1ccc(C(=O)CSc2ccc(-c3ccc(Br)cc3)nn2)cc1. The first kappa shape index (κ1) is 18.6. The van der Waals surface area contributed by atoms with Gasteiger partial charge in [0.1, 0.15) is 10.8 Å². The molecule has 0 saturated carbocycles. The van der Waals surface area contributed by atoms with Crippen molar-refractivity contribution < 1.29 is 9.53 Å². The molecular formula is C20H17BrN2O2S. The number of hydrogen-bond donors (Lipinski definition) is 0. The summed E-state index contributed by atoms with van der Waals surface area (Å²) in [5.41, 5.74) is 2.47. The smallest absolute Gasteiger partial charge is 0.173 e. The van der Waals surface area contributed by atoms with Crippen LogP contribution in [0.3, 0.4) is 0 Å². The number of nitrogens with zero attached hydrogens (tertiary/aromatic N) is 2. The maximum absolute atomic E-state index is 12.3. The van der Waals surface area contributed by atoms with Crippen molar-refractivity contribution in [2.24, 2.45) is 0 Å². The second kappa shape index (κ2) is 8.96. The van der Waals surface area contributed by atoms with Crippen molar-refractivity contribution in [1.29, 1.82) is 0 Å². The molecule has 26 heavy (non-hydrogen) atoms. The van der Waals surface area contributed by atoms with Gasteiger partial charge in [0.05, 0.1) is 18.1 Å². The molecule has 0 fully saturated rings. The average Bonchev–Trinajstić information content (AvgIpc) is 2.68. The number of thioether (sulfide) groups is 1. The topological polar surface area (TPSA) is 52.1 Å². The summed E-state index contributed by atoms with van der Waals surface area (Å²) in [6.07, 6.45) is 0. The number of ether oxygens (including phenoxy) is 1. The second-order valence-electron chi connectivity index (χ2n) is 5.43. The third-order valence-corrected chi connectivity index (χ3v) is 5.07. The molecule has 0 radical (unpaired) electrons. The summed E-state index contributed by atoms with van der Waals surface area (Å²) in [4.78, 5) is 12.3. The second-order valence-corrected chi connectivity index (χ2v) is 7.34. The molecule has 0 atom stereocenters. The third-order valence-electron chi connectivity index (χ3n) is 3.62. The van der Waals surface area contributed by atoms with Crippen molar-refractivity contribution in [1.82, 2.24) is 10.2 Å². The van der Waals surface area contributed by atoms with E-state index in [-0.39, 0.29) is 5.78 Å². The number of benzene rings is 2. The van der Waals surface area contributed by atoms with Crippen molar-refractivity contribution in [3.8, 4) is 17.0 Å². The molecule has 3 rings (SSSR count). The van der Waals surface area contributed by atoms with Gasteiger partial charge in [-0.05, 0) is 55.5 Å². The molecule has 1 heterocycles. The molecule has 3 aromatic rings. The first-order valence-electron chi connectivity index (χ1n) is 8.14. The number of rotatable bonds is 7. The molecule has 0 aliphatic heterocycles. The maximum Gasteiger partial charge on any atom is 0.173 e. The molecule has 4 nitrogen and oxygen atoms in total. The highest BCUT2D eigenvalue weighted by Crippen LogP contribution is 2.22. The van der Waals surface area contributed by atoms with Crippen LogP contribution in [0.15, 0.2) is 70.2 Å². The Morgan fingerprint density at radius 1 is 1.00 bits per heavy atom. The Balaban J connectivity index is 1.59. The van der Waals surface area contributed by atoms with Crippen LogP contribution in [0, 0.1) is 0 Å². The lowest BCUT2D eigenvalue weighted by molar-refractivity contribution is 0.102. The van der Waals surface area contributed by atoms with Gasteiger partial charge in [-0.3, -0.25) is 4.79 Å². The zero-order chi connectivity index (χ0) is 18.4. The van der Waals surface area contributed by atoms with E-state index in [1.54, 1.807) is 12.1 Å². The number of carbonyl (C=O) groups is 1. The van der Waals surface area contributed by atoms with Gasteiger partial charge in [-0.2, -0.15) is 0 Å². The standard InChI is InChI=1S/C20H17BrN2O2S/c1-2-25-17-9-5-15(6-10-17)19(24)13-26-20-12-11-18(22-23-20)14-3-7-16(21)8-4-14/h3-12H,2,13H2,1H3.